The largest absolute Gasteiger partial charge is 0.384 e. The molecular formula is C18H22N2O. The first-order valence-electron chi connectivity index (χ1n) is 7.32. The zero-order chi connectivity index (χ0) is 15.2. The molecule has 0 aliphatic rings. The Morgan fingerprint density at radius 2 is 1.67 bits per heavy atom. The van der Waals surface area contributed by atoms with Crippen LogP contribution in [0.4, 0.5) is 11.4 Å². The van der Waals surface area contributed by atoms with Crippen molar-refractivity contribution in [2.24, 2.45) is 0 Å². The molecule has 21 heavy (non-hydrogen) atoms. The van der Waals surface area contributed by atoms with Crippen LogP contribution in [0.5, 0.6) is 0 Å². The predicted molar refractivity (Wildman–Crippen MR) is 89.1 cm³/mol. The van der Waals surface area contributed by atoms with Gasteiger partial charge in [-0.2, -0.15) is 0 Å². The molecule has 3 heteroatoms. The van der Waals surface area contributed by atoms with Crippen LogP contribution < -0.4 is 10.6 Å². The molecule has 0 radical (unpaired) electrons. The highest BCUT2D eigenvalue weighted by atomic mass is 16.1. The van der Waals surface area contributed by atoms with E-state index in [9.17, 15) is 4.79 Å². The summed E-state index contributed by atoms with van der Waals surface area (Å²) in [5.74, 6) is -0.0823. The second-order valence-corrected chi connectivity index (χ2v) is 5.30. The van der Waals surface area contributed by atoms with E-state index in [1.807, 2.05) is 56.3 Å². The number of hydrogen-bond donors (Lipinski definition) is 2. The van der Waals surface area contributed by atoms with Crippen molar-refractivity contribution < 1.29 is 4.79 Å². The molecular weight excluding hydrogens is 260 g/mol. The molecule has 0 saturated heterocycles. The minimum absolute atomic E-state index is 0.0823. The lowest BCUT2D eigenvalue weighted by atomic mass is 10.1. The van der Waals surface area contributed by atoms with Gasteiger partial charge in [0.25, 0.3) is 5.91 Å². The van der Waals surface area contributed by atoms with Crippen molar-refractivity contribution in [2.45, 2.75) is 27.2 Å². The molecule has 2 aromatic rings. The highest BCUT2D eigenvalue weighted by Crippen LogP contribution is 2.19. The van der Waals surface area contributed by atoms with Gasteiger partial charge in [0, 0.05) is 17.9 Å². The van der Waals surface area contributed by atoms with Gasteiger partial charge in [-0.25, -0.2) is 0 Å². The average Bonchev–Trinajstić information content (AvgIpc) is 2.48. The quantitative estimate of drug-likeness (QED) is 0.854. The van der Waals surface area contributed by atoms with Crippen molar-refractivity contribution in [2.75, 3.05) is 17.2 Å². The molecule has 2 N–H and O–H groups in total. The molecule has 0 aliphatic carbocycles. The lowest BCUT2D eigenvalue weighted by Crippen LogP contribution is -2.15. The third-order valence-electron chi connectivity index (χ3n) is 3.29. The van der Waals surface area contributed by atoms with E-state index in [4.69, 9.17) is 0 Å². The van der Waals surface area contributed by atoms with Crippen molar-refractivity contribution in [3.8, 4) is 0 Å². The van der Waals surface area contributed by atoms with Gasteiger partial charge in [0.1, 0.15) is 0 Å². The maximum Gasteiger partial charge on any atom is 0.257 e. The van der Waals surface area contributed by atoms with Gasteiger partial charge in [0.15, 0.2) is 0 Å². The number of carbonyl (C=O) groups is 1. The van der Waals surface area contributed by atoms with Crippen LogP contribution in [0, 0.1) is 13.8 Å². The van der Waals surface area contributed by atoms with Crippen LogP contribution >= 0.6 is 0 Å². The van der Waals surface area contributed by atoms with Crippen LogP contribution in [0.25, 0.3) is 0 Å². The second-order valence-electron chi connectivity index (χ2n) is 5.30. The molecule has 1 amide bonds. The normalized spacial score (nSPS) is 10.2. The summed E-state index contributed by atoms with van der Waals surface area (Å²) in [7, 11) is 0. The third-order valence-corrected chi connectivity index (χ3v) is 3.29. The van der Waals surface area contributed by atoms with Crippen LogP contribution in [0.2, 0.25) is 0 Å². The van der Waals surface area contributed by atoms with Crippen LogP contribution in [0.15, 0.2) is 42.5 Å². The third kappa shape index (κ3) is 4.09. The summed E-state index contributed by atoms with van der Waals surface area (Å²) in [4.78, 5) is 12.5. The van der Waals surface area contributed by atoms with Crippen LogP contribution in [-0.2, 0) is 0 Å². The maximum atomic E-state index is 12.5. The summed E-state index contributed by atoms with van der Waals surface area (Å²) in [5, 5.41) is 6.26. The molecule has 110 valence electrons. The average molecular weight is 282 g/mol. The Morgan fingerprint density at radius 1 is 1.00 bits per heavy atom. The van der Waals surface area contributed by atoms with Crippen LogP contribution in [-0.4, -0.2) is 12.5 Å². The van der Waals surface area contributed by atoms with Crippen LogP contribution in [0.3, 0.4) is 0 Å². The Bertz CT molecular complexity index is 618. The van der Waals surface area contributed by atoms with Crippen molar-refractivity contribution in [3.63, 3.8) is 0 Å². The molecule has 0 fully saturated rings. The second kappa shape index (κ2) is 6.93. The van der Waals surface area contributed by atoms with E-state index >= 15 is 0 Å². The van der Waals surface area contributed by atoms with Crippen molar-refractivity contribution in [1.29, 1.82) is 0 Å². The van der Waals surface area contributed by atoms with Crippen molar-refractivity contribution >= 4 is 17.3 Å². The Hall–Kier alpha value is -2.29. The molecule has 2 aromatic carbocycles. The summed E-state index contributed by atoms with van der Waals surface area (Å²) in [6.07, 6.45) is 1.02. The van der Waals surface area contributed by atoms with Gasteiger partial charge >= 0.3 is 0 Å². The highest BCUT2D eigenvalue weighted by molar-refractivity contribution is 6.08. The van der Waals surface area contributed by atoms with Crippen molar-refractivity contribution in [3.05, 3.63) is 59.2 Å². The van der Waals surface area contributed by atoms with Gasteiger partial charge in [-0.15, -0.1) is 0 Å². The minimum atomic E-state index is -0.0823. The topological polar surface area (TPSA) is 41.1 Å². The van der Waals surface area contributed by atoms with Crippen LogP contribution in [0.1, 0.15) is 34.8 Å². The number of rotatable bonds is 5. The molecule has 0 spiro atoms. The summed E-state index contributed by atoms with van der Waals surface area (Å²) < 4.78 is 0. The van der Waals surface area contributed by atoms with Gasteiger partial charge in [0.05, 0.1) is 5.56 Å². The minimum Gasteiger partial charge on any atom is -0.384 e. The molecule has 0 unspecified atom stereocenters. The lowest BCUT2D eigenvalue weighted by Gasteiger charge is -2.13. The fraction of sp³-hybridized carbons (Fsp3) is 0.278. The Kier molecular flexibility index (Phi) is 4.99. The standard InChI is InChI=1S/C18H22N2O/c1-4-11-19-17-10-7-14(3)12-16(17)18(21)20-15-8-5-13(2)6-9-15/h5-10,12,19H,4,11H2,1-3H3,(H,20,21). The number of carbonyl (C=O) groups excluding carboxylic acids is 1. The van der Waals surface area contributed by atoms with E-state index in [-0.39, 0.29) is 5.91 Å². The molecule has 0 saturated carbocycles. The summed E-state index contributed by atoms with van der Waals surface area (Å²) in [6, 6.07) is 13.7. The molecule has 0 heterocycles. The first kappa shape index (κ1) is 15.1. The van der Waals surface area contributed by atoms with E-state index in [1.165, 1.54) is 5.56 Å². The molecule has 0 aromatic heterocycles. The van der Waals surface area contributed by atoms with E-state index in [1.54, 1.807) is 0 Å². The van der Waals surface area contributed by atoms with Gasteiger partial charge in [-0.05, 0) is 44.5 Å². The predicted octanol–water partition coefficient (Wildman–Crippen LogP) is 4.38. The summed E-state index contributed by atoms with van der Waals surface area (Å²) >= 11 is 0. The molecule has 3 nitrogen and oxygen atoms in total. The van der Waals surface area contributed by atoms with Gasteiger partial charge in [-0.3, -0.25) is 4.79 Å². The van der Waals surface area contributed by atoms with E-state index in [0.717, 1.165) is 29.9 Å². The van der Waals surface area contributed by atoms with Gasteiger partial charge in [-0.1, -0.05) is 36.2 Å². The van der Waals surface area contributed by atoms with E-state index in [2.05, 4.69) is 17.6 Å². The smallest absolute Gasteiger partial charge is 0.257 e. The zero-order valence-corrected chi connectivity index (χ0v) is 12.9. The number of amides is 1. The number of aryl methyl sites for hydroxylation is 2. The fourth-order valence-corrected chi connectivity index (χ4v) is 2.10. The summed E-state index contributed by atoms with van der Waals surface area (Å²) in [5.41, 5.74) is 4.63. The SMILES string of the molecule is CCCNc1ccc(C)cc1C(=O)Nc1ccc(C)cc1. The Balaban J connectivity index is 2.20. The monoisotopic (exact) mass is 282 g/mol. The van der Waals surface area contributed by atoms with Gasteiger partial charge in [0.2, 0.25) is 0 Å². The Morgan fingerprint density at radius 3 is 2.33 bits per heavy atom. The number of nitrogens with one attached hydrogen (secondary N) is 2. The van der Waals surface area contributed by atoms with Gasteiger partial charge < -0.3 is 10.6 Å². The number of benzene rings is 2. The molecule has 0 bridgehead atoms. The first-order chi connectivity index (χ1) is 10.1. The Labute approximate surface area is 126 Å². The lowest BCUT2D eigenvalue weighted by molar-refractivity contribution is 0.102. The molecule has 0 aliphatic heterocycles. The highest BCUT2D eigenvalue weighted by Gasteiger charge is 2.11. The number of hydrogen-bond acceptors (Lipinski definition) is 2. The molecule has 2 rings (SSSR count). The van der Waals surface area contributed by atoms with E-state index in [0.29, 0.717) is 5.56 Å². The number of anilines is 2. The zero-order valence-electron chi connectivity index (χ0n) is 12.9. The molecule has 0 atom stereocenters. The van der Waals surface area contributed by atoms with Crippen molar-refractivity contribution in [1.82, 2.24) is 0 Å². The summed E-state index contributed by atoms with van der Waals surface area (Å²) in [6.45, 7) is 6.98. The fourth-order valence-electron chi connectivity index (χ4n) is 2.10. The maximum absolute atomic E-state index is 12.5. The first-order valence-corrected chi connectivity index (χ1v) is 7.32. The van der Waals surface area contributed by atoms with E-state index < -0.39 is 0 Å².